The number of carbonyl (C=O) groups is 2. The highest BCUT2D eigenvalue weighted by molar-refractivity contribution is 5.87. The lowest BCUT2D eigenvalue weighted by Crippen LogP contribution is -2.45. The Balaban J connectivity index is 1.57. The average molecular weight is 294 g/mol. The van der Waals surface area contributed by atoms with Gasteiger partial charge in [0.05, 0.1) is 19.1 Å². The Morgan fingerprint density at radius 3 is 2.14 bits per heavy atom. The fourth-order valence-electron chi connectivity index (χ4n) is 4.42. The molecule has 21 heavy (non-hydrogen) atoms. The van der Waals surface area contributed by atoms with Crippen LogP contribution in [-0.4, -0.2) is 31.1 Å². The van der Waals surface area contributed by atoms with Crippen LogP contribution >= 0.6 is 0 Å². The number of rotatable bonds is 2. The summed E-state index contributed by atoms with van der Waals surface area (Å²) in [7, 11) is 0. The van der Waals surface area contributed by atoms with Gasteiger partial charge >= 0.3 is 5.97 Å². The fraction of sp³-hybridized carbons (Fsp3) is 0.882. The number of Topliss-reactive ketones (excluding diaryl/α,β-unsaturated/α-hetero) is 1. The molecule has 0 spiro atoms. The molecule has 0 aromatic carbocycles. The number of ketones is 1. The molecule has 1 aliphatic heterocycles. The van der Waals surface area contributed by atoms with Gasteiger partial charge in [0, 0.05) is 11.8 Å². The van der Waals surface area contributed by atoms with Gasteiger partial charge in [0.25, 0.3) is 0 Å². The molecule has 3 rings (SSSR count). The first-order valence-corrected chi connectivity index (χ1v) is 8.35. The Bertz CT molecular complexity index is 393. The molecule has 4 nitrogen and oxygen atoms in total. The molecule has 3 fully saturated rings. The van der Waals surface area contributed by atoms with Crippen molar-refractivity contribution in [3.63, 3.8) is 0 Å². The summed E-state index contributed by atoms with van der Waals surface area (Å²) in [5.74, 6) is 1.21. The molecule has 0 N–H and O–H groups in total. The van der Waals surface area contributed by atoms with Crippen molar-refractivity contribution in [2.24, 2.45) is 29.6 Å². The molecule has 1 heterocycles. The molecule has 2 bridgehead atoms. The molecule has 5 atom stereocenters. The molecule has 2 saturated carbocycles. The van der Waals surface area contributed by atoms with Crippen molar-refractivity contribution in [2.45, 2.75) is 52.1 Å². The third-order valence-corrected chi connectivity index (χ3v) is 5.33. The van der Waals surface area contributed by atoms with Gasteiger partial charge in [0.2, 0.25) is 0 Å². The molecule has 1 unspecified atom stereocenters. The van der Waals surface area contributed by atoms with Crippen molar-refractivity contribution < 1.29 is 19.1 Å². The smallest absolute Gasteiger partial charge is 0.309 e. The lowest BCUT2D eigenvalue weighted by Gasteiger charge is -2.37. The highest BCUT2D eigenvalue weighted by Gasteiger charge is 2.43. The van der Waals surface area contributed by atoms with Crippen LogP contribution in [0.2, 0.25) is 0 Å². The predicted octanol–water partition coefficient (Wildman–Crippen LogP) is 2.60. The van der Waals surface area contributed by atoms with E-state index in [0.717, 1.165) is 12.8 Å². The topological polar surface area (TPSA) is 52.6 Å². The third kappa shape index (κ3) is 3.31. The van der Waals surface area contributed by atoms with E-state index in [9.17, 15) is 9.59 Å². The van der Waals surface area contributed by atoms with E-state index >= 15 is 0 Å². The second-order valence-corrected chi connectivity index (χ2v) is 7.48. The summed E-state index contributed by atoms with van der Waals surface area (Å²) in [6, 6.07) is 0. The summed E-state index contributed by atoms with van der Waals surface area (Å²) in [6.45, 7) is 5.43. The Hall–Kier alpha value is -0.900. The largest absolute Gasteiger partial charge is 0.462 e. The van der Waals surface area contributed by atoms with E-state index in [1.54, 1.807) is 0 Å². The zero-order valence-corrected chi connectivity index (χ0v) is 13.0. The fourth-order valence-corrected chi connectivity index (χ4v) is 4.42. The minimum atomic E-state index is -0.103. The van der Waals surface area contributed by atoms with Gasteiger partial charge in [-0.2, -0.15) is 0 Å². The van der Waals surface area contributed by atoms with Crippen LogP contribution in [0, 0.1) is 29.6 Å². The number of hydrogen-bond acceptors (Lipinski definition) is 4. The number of hydrogen-bond donors (Lipinski definition) is 0. The van der Waals surface area contributed by atoms with Gasteiger partial charge in [0.1, 0.15) is 11.9 Å². The van der Waals surface area contributed by atoms with Crippen LogP contribution < -0.4 is 0 Å². The van der Waals surface area contributed by atoms with Gasteiger partial charge in [-0.05, 0) is 43.9 Å². The molecule has 2 aliphatic carbocycles. The second-order valence-electron chi connectivity index (χ2n) is 7.48. The zero-order chi connectivity index (χ0) is 15.0. The van der Waals surface area contributed by atoms with Crippen molar-refractivity contribution in [1.82, 2.24) is 0 Å². The minimum absolute atomic E-state index is 0.0740. The molecular weight excluding hydrogens is 268 g/mol. The number of fused-ring (bicyclic) bond motifs is 2. The van der Waals surface area contributed by atoms with E-state index < -0.39 is 0 Å². The van der Waals surface area contributed by atoms with E-state index in [1.807, 2.05) is 0 Å². The summed E-state index contributed by atoms with van der Waals surface area (Å²) >= 11 is 0. The maximum Gasteiger partial charge on any atom is 0.309 e. The predicted molar refractivity (Wildman–Crippen MR) is 77.6 cm³/mol. The third-order valence-electron chi connectivity index (χ3n) is 5.33. The Morgan fingerprint density at radius 2 is 1.57 bits per heavy atom. The van der Waals surface area contributed by atoms with Crippen LogP contribution in [0.5, 0.6) is 0 Å². The van der Waals surface area contributed by atoms with E-state index in [-0.39, 0.29) is 29.8 Å². The summed E-state index contributed by atoms with van der Waals surface area (Å²) < 4.78 is 11.2. The maximum absolute atomic E-state index is 12.4. The van der Waals surface area contributed by atoms with Crippen LogP contribution in [0.4, 0.5) is 0 Å². The highest BCUT2D eigenvalue weighted by atomic mass is 16.5. The first-order valence-electron chi connectivity index (χ1n) is 8.35. The molecular formula is C17H26O4. The standard InChI is InChI=1S/C17H26O4/c1-10-3-11(2)5-15(4-10)21-17(19)12-6-13-8-20-9-14(7-12)16(13)18/h10-15H,3-9H2,1-2H3/t10-,11-,12?,13-,14+/m1/s1. The first kappa shape index (κ1) is 15.0. The van der Waals surface area contributed by atoms with E-state index in [1.165, 1.54) is 6.42 Å². The molecule has 3 aliphatic rings. The van der Waals surface area contributed by atoms with E-state index in [4.69, 9.17) is 9.47 Å². The first-order chi connectivity index (χ1) is 10.0. The van der Waals surface area contributed by atoms with E-state index in [0.29, 0.717) is 43.7 Å². The van der Waals surface area contributed by atoms with Crippen LogP contribution in [0.1, 0.15) is 46.0 Å². The Labute approximate surface area is 126 Å². The minimum Gasteiger partial charge on any atom is -0.462 e. The van der Waals surface area contributed by atoms with Gasteiger partial charge in [-0.25, -0.2) is 0 Å². The van der Waals surface area contributed by atoms with Crippen molar-refractivity contribution in [3.05, 3.63) is 0 Å². The van der Waals surface area contributed by atoms with Crippen LogP contribution in [0.15, 0.2) is 0 Å². The summed E-state index contributed by atoms with van der Waals surface area (Å²) in [4.78, 5) is 24.5. The van der Waals surface area contributed by atoms with Crippen molar-refractivity contribution in [1.29, 1.82) is 0 Å². The van der Waals surface area contributed by atoms with Gasteiger partial charge in [-0.3, -0.25) is 9.59 Å². The van der Waals surface area contributed by atoms with Gasteiger partial charge in [0.15, 0.2) is 0 Å². The van der Waals surface area contributed by atoms with Crippen molar-refractivity contribution in [2.75, 3.05) is 13.2 Å². The molecule has 118 valence electrons. The summed E-state index contributed by atoms with van der Waals surface area (Å²) in [5, 5.41) is 0. The lowest BCUT2D eigenvalue weighted by atomic mass is 9.73. The summed E-state index contributed by atoms with van der Waals surface area (Å²) in [5.41, 5.74) is 0. The number of ether oxygens (including phenoxy) is 2. The molecule has 0 amide bonds. The second kappa shape index (κ2) is 6.07. The van der Waals surface area contributed by atoms with Gasteiger partial charge in [-0.1, -0.05) is 13.8 Å². The average Bonchev–Trinajstić information content (AvgIpc) is 2.36. The van der Waals surface area contributed by atoms with Gasteiger partial charge in [-0.15, -0.1) is 0 Å². The highest BCUT2D eigenvalue weighted by Crippen LogP contribution is 2.36. The molecule has 0 aromatic rings. The molecule has 0 aromatic heterocycles. The lowest BCUT2D eigenvalue weighted by molar-refractivity contribution is -0.164. The van der Waals surface area contributed by atoms with Gasteiger partial charge < -0.3 is 9.47 Å². The molecule has 0 radical (unpaired) electrons. The number of carbonyl (C=O) groups excluding carboxylic acids is 2. The van der Waals surface area contributed by atoms with Crippen LogP contribution in [-0.2, 0) is 19.1 Å². The Morgan fingerprint density at radius 1 is 1.00 bits per heavy atom. The molecule has 1 saturated heterocycles. The summed E-state index contributed by atoms with van der Waals surface area (Å²) in [6.07, 6.45) is 4.51. The monoisotopic (exact) mass is 294 g/mol. The normalized spacial score (nSPS) is 43.4. The SMILES string of the molecule is C[C@H]1CC(OC(=O)C2C[C@H]3COC[C@@H](C2)C3=O)C[C@H](C)C1. The van der Waals surface area contributed by atoms with Crippen LogP contribution in [0.3, 0.4) is 0 Å². The number of esters is 1. The maximum atomic E-state index is 12.4. The molecule has 4 heteroatoms. The van der Waals surface area contributed by atoms with Crippen LogP contribution in [0.25, 0.3) is 0 Å². The quantitative estimate of drug-likeness (QED) is 0.735. The van der Waals surface area contributed by atoms with Crippen molar-refractivity contribution in [3.8, 4) is 0 Å². The Kier molecular flexibility index (Phi) is 4.34. The zero-order valence-electron chi connectivity index (χ0n) is 13.0. The van der Waals surface area contributed by atoms with Crippen molar-refractivity contribution >= 4 is 11.8 Å². The van der Waals surface area contributed by atoms with E-state index in [2.05, 4.69) is 13.8 Å².